The maximum absolute atomic E-state index is 13.6. The van der Waals surface area contributed by atoms with Gasteiger partial charge in [-0.2, -0.15) is 5.26 Å². The minimum atomic E-state index is -0.508. The molecule has 0 spiro atoms. The van der Waals surface area contributed by atoms with Crippen molar-refractivity contribution in [2.45, 2.75) is 0 Å². The number of aromatic nitrogens is 1. The van der Waals surface area contributed by atoms with Gasteiger partial charge in [0.25, 0.3) is 5.91 Å². The smallest absolute Gasteiger partial charge is 0.257 e. The molecule has 0 radical (unpaired) electrons. The van der Waals surface area contributed by atoms with Crippen LogP contribution in [0.4, 0.5) is 21.5 Å². The van der Waals surface area contributed by atoms with Gasteiger partial charge in [0.2, 0.25) is 0 Å². The van der Waals surface area contributed by atoms with Crippen molar-refractivity contribution in [1.82, 2.24) is 4.98 Å². The Balaban J connectivity index is 1.78. The number of rotatable bonds is 4. The van der Waals surface area contributed by atoms with Gasteiger partial charge in [0.1, 0.15) is 5.82 Å². The molecule has 1 heterocycles. The van der Waals surface area contributed by atoms with Crippen molar-refractivity contribution in [1.29, 1.82) is 5.26 Å². The van der Waals surface area contributed by atoms with Crippen LogP contribution in [0.15, 0.2) is 67.0 Å². The standard InChI is InChI=1S/C19H13FN4O/c20-17-6-1-2-7-18(17)24-19(25)14-9-16(12-22-11-14)23-15-5-3-4-13(8-15)10-21/h1-9,11-12,23H,(H,24,25). The summed E-state index contributed by atoms with van der Waals surface area (Å²) in [5, 5.41) is 14.5. The molecule has 0 aliphatic carbocycles. The van der Waals surface area contributed by atoms with Crippen LogP contribution in [-0.2, 0) is 0 Å². The van der Waals surface area contributed by atoms with Crippen LogP contribution in [0.25, 0.3) is 0 Å². The lowest BCUT2D eigenvalue weighted by Gasteiger charge is -2.09. The largest absolute Gasteiger partial charge is 0.354 e. The first kappa shape index (κ1) is 16.1. The highest BCUT2D eigenvalue weighted by Crippen LogP contribution is 2.19. The molecule has 1 aromatic heterocycles. The van der Waals surface area contributed by atoms with E-state index in [2.05, 4.69) is 21.7 Å². The average molecular weight is 332 g/mol. The summed E-state index contributed by atoms with van der Waals surface area (Å²) < 4.78 is 13.6. The Morgan fingerprint density at radius 1 is 1.04 bits per heavy atom. The Morgan fingerprint density at radius 3 is 2.68 bits per heavy atom. The minimum absolute atomic E-state index is 0.104. The van der Waals surface area contributed by atoms with E-state index in [0.29, 0.717) is 16.9 Å². The Kier molecular flexibility index (Phi) is 4.67. The van der Waals surface area contributed by atoms with Gasteiger partial charge in [-0.05, 0) is 36.4 Å². The van der Waals surface area contributed by atoms with E-state index >= 15 is 0 Å². The summed E-state index contributed by atoms with van der Waals surface area (Å²) in [4.78, 5) is 16.3. The summed E-state index contributed by atoms with van der Waals surface area (Å²) in [6.45, 7) is 0. The molecule has 5 nitrogen and oxygen atoms in total. The van der Waals surface area contributed by atoms with Crippen LogP contribution in [0.5, 0.6) is 0 Å². The molecule has 25 heavy (non-hydrogen) atoms. The quantitative estimate of drug-likeness (QED) is 0.754. The van der Waals surface area contributed by atoms with Crippen LogP contribution < -0.4 is 10.6 Å². The normalized spacial score (nSPS) is 9.92. The molecule has 2 aromatic carbocycles. The Hall–Kier alpha value is -3.72. The van der Waals surface area contributed by atoms with Gasteiger partial charge < -0.3 is 10.6 Å². The number of hydrogen-bond donors (Lipinski definition) is 2. The zero-order valence-corrected chi connectivity index (χ0v) is 13.0. The lowest BCUT2D eigenvalue weighted by atomic mass is 10.2. The number of para-hydroxylation sites is 1. The molecule has 0 unspecified atom stereocenters. The highest BCUT2D eigenvalue weighted by atomic mass is 19.1. The molecule has 0 fully saturated rings. The Morgan fingerprint density at radius 2 is 1.88 bits per heavy atom. The third-order valence-electron chi connectivity index (χ3n) is 3.40. The number of halogens is 1. The van der Waals surface area contributed by atoms with Crippen LogP contribution in [0.1, 0.15) is 15.9 Å². The molecule has 0 aliphatic heterocycles. The van der Waals surface area contributed by atoms with E-state index in [1.165, 1.54) is 18.3 Å². The highest BCUT2D eigenvalue weighted by molar-refractivity contribution is 6.04. The molecule has 1 amide bonds. The number of nitriles is 1. The first-order valence-electron chi connectivity index (χ1n) is 7.44. The zero-order chi connectivity index (χ0) is 17.6. The van der Waals surface area contributed by atoms with Gasteiger partial charge in [-0.3, -0.25) is 9.78 Å². The van der Waals surface area contributed by atoms with Gasteiger partial charge in [-0.1, -0.05) is 18.2 Å². The topological polar surface area (TPSA) is 77.8 Å². The molecule has 0 atom stereocenters. The lowest BCUT2D eigenvalue weighted by Crippen LogP contribution is -2.13. The van der Waals surface area contributed by atoms with E-state index in [9.17, 15) is 9.18 Å². The minimum Gasteiger partial charge on any atom is -0.354 e. The van der Waals surface area contributed by atoms with Crippen molar-refractivity contribution in [2.75, 3.05) is 10.6 Å². The number of hydrogen-bond acceptors (Lipinski definition) is 4. The fourth-order valence-electron chi connectivity index (χ4n) is 2.22. The van der Waals surface area contributed by atoms with Crippen LogP contribution in [0.2, 0.25) is 0 Å². The number of pyridine rings is 1. The van der Waals surface area contributed by atoms with Crippen molar-refractivity contribution < 1.29 is 9.18 Å². The molecule has 6 heteroatoms. The number of nitrogens with zero attached hydrogens (tertiary/aromatic N) is 2. The zero-order valence-electron chi connectivity index (χ0n) is 13.0. The number of benzene rings is 2. The third kappa shape index (κ3) is 3.98. The fraction of sp³-hybridized carbons (Fsp3) is 0. The van der Waals surface area contributed by atoms with Crippen LogP contribution in [-0.4, -0.2) is 10.9 Å². The SMILES string of the molecule is N#Cc1cccc(Nc2cncc(C(=O)Nc3ccccc3F)c2)c1. The molecule has 0 saturated heterocycles. The Bertz CT molecular complexity index is 965. The summed E-state index contributed by atoms with van der Waals surface area (Å²) in [6.07, 6.45) is 2.95. The predicted molar refractivity (Wildman–Crippen MR) is 93.0 cm³/mol. The van der Waals surface area contributed by atoms with Crippen molar-refractivity contribution >= 4 is 23.0 Å². The second-order valence-electron chi connectivity index (χ2n) is 5.21. The lowest BCUT2D eigenvalue weighted by molar-refractivity contribution is 0.102. The van der Waals surface area contributed by atoms with Crippen LogP contribution >= 0.6 is 0 Å². The van der Waals surface area contributed by atoms with Gasteiger partial charge in [0.15, 0.2) is 0 Å². The van der Waals surface area contributed by atoms with Crippen molar-refractivity contribution in [2.24, 2.45) is 0 Å². The molecule has 122 valence electrons. The van der Waals surface area contributed by atoms with Crippen molar-refractivity contribution in [3.05, 3.63) is 83.9 Å². The number of nitrogens with one attached hydrogen (secondary N) is 2. The van der Waals surface area contributed by atoms with Crippen molar-refractivity contribution in [3.8, 4) is 6.07 Å². The van der Waals surface area contributed by atoms with Gasteiger partial charge >= 0.3 is 0 Å². The summed E-state index contributed by atoms with van der Waals surface area (Å²) in [5.41, 5.74) is 2.19. The first-order valence-corrected chi connectivity index (χ1v) is 7.44. The van der Waals surface area contributed by atoms with Crippen molar-refractivity contribution in [3.63, 3.8) is 0 Å². The number of carbonyl (C=O) groups is 1. The molecular weight excluding hydrogens is 319 g/mol. The van der Waals surface area contributed by atoms with E-state index in [1.54, 1.807) is 48.7 Å². The number of amides is 1. The molecule has 0 aliphatic rings. The second-order valence-corrected chi connectivity index (χ2v) is 5.21. The fourth-order valence-corrected chi connectivity index (χ4v) is 2.22. The summed E-state index contributed by atoms with van der Waals surface area (Å²) in [5.74, 6) is -0.974. The summed E-state index contributed by atoms with van der Waals surface area (Å²) in [6, 6.07) is 16.5. The second kappa shape index (κ2) is 7.23. The van der Waals surface area contributed by atoms with Crippen LogP contribution in [0, 0.1) is 17.1 Å². The predicted octanol–water partition coefficient (Wildman–Crippen LogP) is 4.09. The third-order valence-corrected chi connectivity index (χ3v) is 3.40. The van der Waals surface area contributed by atoms with E-state index in [4.69, 9.17) is 5.26 Å². The summed E-state index contributed by atoms with van der Waals surface area (Å²) in [7, 11) is 0. The van der Waals surface area contributed by atoms with Gasteiger partial charge in [0.05, 0.1) is 34.8 Å². The molecule has 0 bridgehead atoms. The van der Waals surface area contributed by atoms with E-state index in [-0.39, 0.29) is 11.3 Å². The van der Waals surface area contributed by atoms with E-state index in [1.807, 2.05) is 0 Å². The van der Waals surface area contributed by atoms with Gasteiger partial charge in [-0.15, -0.1) is 0 Å². The van der Waals surface area contributed by atoms with E-state index in [0.717, 1.165) is 0 Å². The number of anilines is 3. The molecule has 0 saturated carbocycles. The molecule has 3 aromatic rings. The monoisotopic (exact) mass is 332 g/mol. The number of carbonyl (C=O) groups excluding carboxylic acids is 1. The van der Waals surface area contributed by atoms with Gasteiger partial charge in [0, 0.05) is 11.9 Å². The molecule has 3 rings (SSSR count). The van der Waals surface area contributed by atoms with Gasteiger partial charge in [-0.25, -0.2) is 4.39 Å². The highest BCUT2D eigenvalue weighted by Gasteiger charge is 2.10. The molecular formula is C19H13FN4O. The average Bonchev–Trinajstić information content (AvgIpc) is 2.64. The molecule has 2 N–H and O–H groups in total. The Labute approximate surface area is 143 Å². The maximum atomic E-state index is 13.6. The van der Waals surface area contributed by atoms with E-state index < -0.39 is 11.7 Å². The summed E-state index contributed by atoms with van der Waals surface area (Å²) >= 11 is 0. The van der Waals surface area contributed by atoms with Crippen LogP contribution in [0.3, 0.4) is 0 Å². The maximum Gasteiger partial charge on any atom is 0.257 e. The first-order chi connectivity index (χ1) is 12.2.